The quantitative estimate of drug-likeness (QED) is 0.406. The number of hydrogen-bond acceptors (Lipinski definition) is 1. The smallest absolute Gasteiger partial charge is 0.0715 e. The van der Waals surface area contributed by atoms with E-state index in [1.54, 1.807) is 0 Å². The van der Waals surface area contributed by atoms with Gasteiger partial charge in [-0.1, -0.05) is 77.9 Å². The summed E-state index contributed by atoms with van der Waals surface area (Å²) in [6.07, 6.45) is 0. The third-order valence-electron chi connectivity index (χ3n) is 4.56. The van der Waals surface area contributed by atoms with Crippen LogP contribution in [0.2, 0.25) is 0 Å². The average Bonchev–Trinajstić information content (AvgIpc) is 2.68. The van der Waals surface area contributed by atoms with Crippen molar-refractivity contribution in [1.29, 1.82) is 0 Å². The summed E-state index contributed by atoms with van der Waals surface area (Å²) in [4.78, 5) is 4.98. The topological polar surface area (TPSA) is 12.9 Å². The summed E-state index contributed by atoms with van der Waals surface area (Å²) in [5, 5.41) is 0. The Balaban J connectivity index is 1.93. The number of aromatic nitrogens is 1. The van der Waals surface area contributed by atoms with Crippen LogP contribution >= 0.6 is 0 Å². The van der Waals surface area contributed by atoms with E-state index in [1.165, 1.54) is 22.3 Å². The Morgan fingerprint density at radius 3 is 1.46 bits per heavy atom. The van der Waals surface area contributed by atoms with Crippen molar-refractivity contribution in [3.63, 3.8) is 0 Å². The fourth-order valence-electron chi connectivity index (χ4n) is 3.23. The molecule has 0 radical (unpaired) electrons. The van der Waals surface area contributed by atoms with E-state index in [4.69, 9.17) is 4.98 Å². The standard InChI is InChI=1S/C25H21N/c1-18-8-6-12-21(14-18)24-16-23(20-10-4-3-5-11-20)17-25(26-24)22-13-7-9-19(2)15-22/h3-17H,1-2H3. The highest BCUT2D eigenvalue weighted by Crippen LogP contribution is 2.30. The first-order valence-corrected chi connectivity index (χ1v) is 8.91. The van der Waals surface area contributed by atoms with E-state index in [2.05, 4.69) is 98.8 Å². The minimum absolute atomic E-state index is 1.01. The molecule has 126 valence electrons. The molecular weight excluding hydrogens is 314 g/mol. The zero-order chi connectivity index (χ0) is 17.9. The fraction of sp³-hybridized carbons (Fsp3) is 0.0800. The summed E-state index contributed by atoms with van der Waals surface area (Å²) in [6.45, 7) is 4.23. The summed E-state index contributed by atoms with van der Waals surface area (Å²) >= 11 is 0. The molecule has 1 heteroatoms. The number of nitrogens with zero attached hydrogens (tertiary/aromatic N) is 1. The van der Waals surface area contributed by atoms with Gasteiger partial charge in [0.2, 0.25) is 0 Å². The predicted molar refractivity (Wildman–Crippen MR) is 110 cm³/mol. The summed E-state index contributed by atoms with van der Waals surface area (Å²) in [5.41, 5.74) is 9.19. The minimum atomic E-state index is 1.01. The van der Waals surface area contributed by atoms with Gasteiger partial charge >= 0.3 is 0 Å². The Morgan fingerprint density at radius 1 is 0.462 bits per heavy atom. The third kappa shape index (κ3) is 3.43. The van der Waals surface area contributed by atoms with Crippen molar-refractivity contribution in [2.45, 2.75) is 13.8 Å². The van der Waals surface area contributed by atoms with E-state index in [-0.39, 0.29) is 0 Å². The molecule has 0 amide bonds. The second kappa shape index (κ2) is 6.97. The van der Waals surface area contributed by atoms with Gasteiger partial charge in [0.1, 0.15) is 0 Å². The van der Waals surface area contributed by atoms with Crippen LogP contribution in [0.5, 0.6) is 0 Å². The monoisotopic (exact) mass is 335 g/mol. The number of hydrogen-bond donors (Lipinski definition) is 0. The molecule has 0 fully saturated rings. The molecule has 0 aliphatic carbocycles. The lowest BCUT2D eigenvalue weighted by Gasteiger charge is -2.11. The van der Waals surface area contributed by atoms with Gasteiger partial charge in [0.25, 0.3) is 0 Å². The Bertz CT molecular complexity index is 985. The fourth-order valence-corrected chi connectivity index (χ4v) is 3.23. The van der Waals surface area contributed by atoms with E-state index in [0.29, 0.717) is 0 Å². The summed E-state index contributed by atoms with van der Waals surface area (Å²) in [5.74, 6) is 0. The van der Waals surface area contributed by atoms with Gasteiger partial charge in [0.15, 0.2) is 0 Å². The van der Waals surface area contributed by atoms with Crippen LogP contribution in [0.1, 0.15) is 11.1 Å². The maximum atomic E-state index is 4.98. The molecule has 0 spiro atoms. The lowest BCUT2D eigenvalue weighted by atomic mass is 9.99. The van der Waals surface area contributed by atoms with E-state index in [0.717, 1.165) is 22.5 Å². The van der Waals surface area contributed by atoms with Crippen LogP contribution < -0.4 is 0 Å². The zero-order valence-corrected chi connectivity index (χ0v) is 15.1. The number of pyridine rings is 1. The second-order valence-electron chi connectivity index (χ2n) is 6.73. The van der Waals surface area contributed by atoms with Gasteiger partial charge in [-0.25, -0.2) is 4.98 Å². The van der Waals surface area contributed by atoms with Gasteiger partial charge in [0, 0.05) is 11.1 Å². The molecule has 0 unspecified atom stereocenters. The minimum Gasteiger partial charge on any atom is -0.248 e. The summed E-state index contributed by atoms with van der Waals surface area (Å²) in [6, 6.07) is 31.9. The van der Waals surface area contributed by atoms with Gasteiger partial charge in [-0.2, -0.15) is 0 Å². The first kappa shape index (κ1) is 16.3. The molecule has 0 atom stereocenters. The van der Waals surface area contributed by atoms with Crippen molar-refractivity contribution >= 4 is 0 Å². The van der Waals surface area contributed by atoms with E-state index < -0.39 is 0 Å². The molecule has 0 N–H and O–H groups in total. The second-order valence-corrected chi connectivity index (χ2v) is 6.73. The first-order chi connectivity index (χ1) is 12.7. The molecule has 0 saturated carbocycles. The lowest BCUT2D eigenvalue weighted by Crippen LogP contribution is -1.92. The zero-order valence-electron chi connectivity index (χ0n) is 15.1. The molecule has 1 aromatic heterocycles. The third-order valence-corrected chi connectivity index (χ3v) is 4.56. The van der Waals surface area contributed by atoms with Crippen molar-refractivity contribution in [2.24, 2.45) is 0 Å². The number of rotatable bonds is 3. The van der Waals surface area contributed by atoms with Crippen LogP contribution in [-0.2, 0) is 0 Å². The molecular formula is C25H21N. The number of benzene rings is 3. The summed E-state index contributed by atoms with van der Waals surface area (Å²) < 4.78 is 0. The largest absolute Gasteiger partial charge is 0.248 e. The molecule has 0 bridgehead atoms. The van der Waals surface area contributed by atoms with Crippen LogP contribution in [0.3, 0.4) is 0 Å². The molecule has 26 heavy (non-hydrogen) atoms. The molecule has 4 aromatic rings. The highest BCUT2D eigenvalue weighted by molar-refractivity contribution is 5.76. The van der Waals surface area contributed by atoms with Crippen LogP contribution in [-0.4, -0.2) is 4.98 Å². The van der Waals surface area contributed by atoms with Crippen molar-refractivity contribution in [1.82, 2.24) is 4.98 Å². The first-order valence-electron chi connectivity index (χ1n) is 8.91. The van der Waals surface area contributed by atoms with Gasteiger partial charge in [0.05, 0.1) is 11.4 Å². The van der Waals surface area contributed by atoms with Crippen LogP contribution in [0, 0.1) is 13.8 Å². The van der Waals surface area contributed by atoms with Gasteiger partial charge < -0.3 is 0 Å². The lowest BCUT2D eigenvalue weighted by molar-refractivity contribution is 1.31. The van der Waals surface area contributed by atoms with Crippen molar-refractivity contribution in [2.75, 3.05) is 0 Å². The highest BCUT2D eigenvalue weighted by Gasteiger charge is 2.09. The van der Waals surface area contributed by atoms with Crippen molar-refractivity contribution in [3.8, 4) is 33.6 Å². The molecule has 1 nitrogen and oxygen atoms in total. The van der Waals surface area contributed by atoms with Crippen molar-refractivity contribution < 1.29 is 0 Å². The normalized spacial score (nSPS) is 10.7. The Labute approximate surface area is 155 Å². The average molecular weight is 335 g/mol. The van der Waals surface area contributed by atoms with E-state index >= 15 is 0 Å². The summed E-state index contributed by atoms with van der Waals surface area (Å²) in [7, 11) is 0. The van der Waals surface area contributed by atoms with Crippen LogP contribution in [0.4, 0.5) is 0 Å². The molecule has 3 aromatic carbocycles. The Morgan fingerprint density at radius 2 is 0.962 bits per heavy atom. The predicted octanol–water partition coefficient (Wildman–Crippen LogP) is 6.70. The highest BCUT2D eigenvalue weighted by atomic mass is 14.7. The molecule has 1 heterocycles. The Hall–Kier alpha value is -3.19. The maximum absolute atomic E-state index is 4.98. The number of aryl methyl sites for hydroxylation is 2. The van der Waals surface area contributed by atoms with Crippen molar-refractivity contribution in [3.05, 3.63) is 102 Å². The SMILES string of the molecule is Cc1cccc(-c2cc(-c3ccccc3)cc(-c3cccc(C)c3)n2)c1. The van der Waals surface area contributed by atoms with Gasteiger partial charge in [-0.15, -0.1) is 0 Å². The van der Waals surface area contributed by atoms with Crippen LogP contribution in [0.15, 0.2) is 91.0 Å². The molecule has 0 saturated heterocycles. The maximum Gasteiger partial charge on any atom is 0.0715 e. The van der Waals surface area contributed by atoms with E-state index in [1.807, 2.05) is 6.07 Å². The molecule has 0 aliphatic rings. The molecule has 4 rings (SSSR count). The van der Waals surface area contributed by atoms with E-state index in [9.17, 15) is 0 Å². The Kier molecular flexibility index (Phi) is 4.37. The van der Waals surface area contributed by atoms with Gasteiger partial charge in [-0.05, 0) is 49.2 Å². The van der Waals surface area contributed by atoms with Gasteiger partial charge in [-0.3, -0.25) is 0 Å². The van der Waals surface area contributed by atoms with Crippen LogP contribution in [0.25, 0.3) is 33.6 Å². The molecule has 0 aliphatic heterocycles.